The number of carboxylic acids is 1. The number of halogens is 1. The van der Waals surface area contributed by atoms with Gasteiger partial charge in [-0.1, -0.05) is 39.0 Å². The molecular weight excluding hydrogens is 218 g/mol. The van der Waals surface area contributed by atoms with Gasteiger partial charge in [-0.2, -0.15) is 0 Å². The first-order chi connectivity index (χ1) is 7.22. The predicted octanol–water partition coefficient (Wildman–Crippen LogP) is -0.533. The van der Waals surface area contributed by atoms with Gasteiger partial charge < -0.3 is 9.90 Å². The van der Waals surface area contributed by atoms with Crippen LogP contribution in [0.3, 0.4) is 0 Å². The first-order valence-corrected chi connectivity index (χ1v) is 5.99. The Balaban J connectivity index is 0. The van der Waals surface area contributed by atoms with E-state index < -0.39 is 5.97 Å². The number of hydrogen-bond donors (Lipinski definition) is 0. The molecule has 0 spiro atoms. The van der Waals surface area contributed by atoms with Crippen LogP contribution >= 0.6 is 0 Å². The van der Waals surface area contributed by atoms with Crippen LogP contribution in [0.5, 0.6) is 0 Å². The van der Waals surface area contributed by atoms with E-state index in [1.54, 1.807) is 0 Å². The van der Waals surface area contributed by atoms with Crippen LogP contribution in [0, 0.1) is 5.92 Å². The maximum absolute atomic E-state index is 11.8. The molecule has 0 bridgehead atoms. The molecule has 90 valence electrons. The Morgan fingerprint density at radius 3 is 2.19 bits per heavy atom. The maximum atomic E-state index is 11.8. The van der Waals surface area contributed by atoms with Crippen molar-refractivity contribution >= 4 is 5.97 Å². The summed E-state index contributed by atoms with van der Waals surface area (Å²) in [7, 11) is 0. The number of aliphatic carboxylic acids is 1. The summed E-state index contributed by atoms with van der Waals surface area (Å²) in [5.74, 6) is -1.20. The smallest absolute Gasteiger partial charge is 0.550 e. The van der Waals surface area contributed by atoms with Crippen molar-refractivity contribution in [3.05, 3.63) is 0 Å². The van der Waals surface area contributed by atoms with E-state index >= 15 is 0 Å². The van der Waals surface area contributed by atoms with Crippen LogP contribution in [-0.2, 0) is 4.79 Å². The molecule has 0 aromatic rings. The molecule has 1 atom stereocenters. The summed E-state index contributed by atoms with van der Waals surface area (Å²) in [4.78, 5) is 10.7. The number of rotatable bonds is 10. The average molecular weight is 240 g/mol. The van der Waals surface area contributed by atoms with Crippen molar-refractivity contribution in [1.29, 1.82) is 0 Å². The van der Waals surface area contributed by atoms with E-state index in [2.05, 4.69) is 0 Å². The van der Waals surface area contributed by atoms with Crippen molar-refractivity contribution in [1.82, 2.24) is 0 Å². The zero-order chi connectivity index (χ0) is 11.5. The van der Waals surface area contributed by atoms with Gasteiger partial charge >= 0.3 is 29.6 Å². The second-order valence-electron chi connectivity index (χ2n) is 4.05. The molecule has 0 aliphatic heterocycles. The van der Waals surface area contributed by atoms with Crippen molar-refractivity contribution in [3.63, 3.8) is 0 Å². The summed E-state index contributed by atoms with van der Waals surface area (Å²) in [6, 6.07) is 0. The molecule has 0 aliphatic carbocycles. The van der Waals surface area contributed by atoms with Gasteiger partial charge in [0.2, 0.25) is 0 Å². The Labute approximate surface area is 120 Å². The molecular formula is C12H22FNaO2. The van der Waals surface area contributed by atoms with E-state index in [0.29, 0.717) is 19.3 Å². The zero-order valence-corrected chi connectivity index (χ0v) is 12.6. The molecule has 0 heterocycles. The van der Waals surface area contributed by atoms with Crippen LogP contribution in [0.4, 0.5) is 4.39 Å². The van der Waals surface area contributed by atoms with E-state index in [-0.39, 0.29) is 42.1 Å². The van der Waals surface area contributed by atoms with E-state index in [1.165, 1.54) is 0 Å². The monoisotopic (exact) mass is 240 g/mol. The number of alkyl halides is 1. The van der Waals surface area contributed by atoms with Gasteiger partial charge in [0.25, 0.3) is 0 Å². The molecule has 0 aromatic carbocycles. The van der Waals surface area contributed by atoms with Gasteiger partial charge in [0, 0.05) is 5.97 Å². The van der Waals surface area contributed by atoms with Gasteiger partial charge in [-0.3, -0.25) is 4.39 Å². The van der Waals surface area contributed by atoms with Crippen molar-refractivity contribution in [3.8, 4) is 0 Å². The van der Waals surface area contributed by atoms with Crippen LogP contribution in [0.15, 0.2) is 0 Å². The molecule has 0 saturated carbocycles. The first kappa shape index (κ1) is 18.8. The van der Waals surface area contributed by atoms with Gasteiger partial charge in [-0.25, -0.2) is 0 Å². The fraction of sp³-hybridized carbons (Fsp3) is 0.917. The molecule has 2 nitrogen and oxygen atoms in total. The van der Waals surface area contributed by atoms with Crippen molar-refractivity contribution in [2.45, 2.75) is 58.3 Å². The standard InChI is InChI=1S/C12H23FO2.Na/c1-2-8-11(12(14)15)9-6-4-3-5-7-10-13;/h11H,2-10H2,1H3,(H,14,15);/q;+1/p-1. The number of carbonyl (C=O) groups excluding carboxylic acids is 1. The summed E-state index contributed by atoms with van der Waals surface area (Å²) in [5.41, 5.74) is 0. The molecule has 0 radical (unpaired) electrons. The summed E-state index contributed by atoms with van der Waals surface area (Å²) >= 11 is 0. The van der Waals surface area contributed by atoms with Crippen molar-refractivity contribution in [2.75, 3.05) is 6.67 Å². The molecule has 0 aliphatic rings. The number of hydrogen-bond acceptors (Lipinski definition) is 2. The number of carbonyl (C=O) groups is 1. The van der Waals surface area contributed by atoms with Gasteiger partial charge in [0.15, 0.2) is 0 Å². The van der Waals surface area contributed by atoms with Gasteiger partial charge in [0.05, 0.1) is 6.67 Å². The molecule has 0 amide bonds. The van der Waals surface area contributed by atoms with E-state index in [1.807, 2.05) is 6.92 Å². The van der Waals surface area contributed by atoms with Crippen LogP contribution < -0.4 is 34.7 Å². The Bertz CT molecular complexity index is 165. The molecule has 16 heavy (non-hydrogen) atoms. The van der Waals surface area contributed by atoms with E-state index in [0.717, 1.165) is 32.1 Å². The third kappa shape index (κ3) is 10.9. The largest absolute Gasteiger partial charge is 1.00 e. The molecule has 0 saturated heterocycles. The Morgan fingerprint density at radius 2 is 1.69 bits per heavy atom. The third-order valence-electron chi connectivity index (χ3n) is 2.66. The molecule has 0 fully saturated rings. The summed E-state index contributed by atoms with van der Waals surface area (Å²) < 4.78 is 11.8. The fourth-order valence-corrected chi connectivity index (χ4v) is 1.74. The Kier molecular flexibility index (Phi) is 15.8. The SMILES string of the molecule is CCCC(CCCCCCCF)C(=O)[O-].[Na+]. The first-order valence-electron chi connectivity index (χ1n) is 5.99. The quantitative estimate of drug-likeness (QED) is 0.380. The van der Waals surface area contributed by atoms with Gasteiger partial charge in [-0.15, -0.1) is 0 Å². The number of unbranched alkanes of at least 4 members (excludes halogenated alkanes) is 4. The minimum absolute atomic E-state index is 0. The predicted molar refractivity (Wildman–Crippen MR) is 57.1 cm³/mol. The zero-order valence-electron chi connectivity index (χ0n) is 10.6. The van der Waals surface area contributed by atoms with Crippen LogP contribution in [0.25, 0.3) is 0 Å². The molecule has 0 aromatic heterocycles. The van der Waals surface area contributed by atoms with Gasteiger partial charge in [-0.05, 0) is 25.2 Å². The number of carboxylic acid groups (broad SMARTS) is 1. The fourth-order valence-electron chi connectivity index (χ4n) is 1.74. The minimum Gasteiger partial charge on any atom is -0.550 e. The minimum atomic E-state index is -0.916. The van der Waals surface area contributed by atoms with E-state index in [4.69, 9.17) is 0 Å². The molecule has 0 N–H and O–H groups in total. The summed E-state index contributed by atoms with van der Waals surface area (Å²) in [5, 5.41) is 10.7. The second kappa shape index (κ2) is 13.5. The van der Waals surface area contributed by atoms with Crippen molar-refractivity contribution < 1.29 is 43.8 Å². The van der Waals surface area contributed by atoms with Gasteiger partial charge in [0.1, 0.15) is 0 Å². The second-order valence-corrected chi connectivity index (χ2v) is 4.05. The summed E-state index contributed by atoms with van der Waals surface area (Å²) in [6.45, 7) is 1.74. The topological polar surface area (TPSA) is 40.1 Å². The van der Waals surface area contributed by atoms with Crippen LogP contribution in [0.2, 0.25) is 0 Å². The molecule has 0 rings (SSSR count). The normalized spacial score (nSPS) is 11.9. The Hall–Kier alpha value is 0.400. The maximum Gasteiger partial charge on any atom is 1.00 e. The van der Waals surface area contributed by atoms with Crippen molar-refractivity contribution in [2.24, 2.45) is 5.92 Å². The molecule has 1 unspecified atom stereocenters. The summed E-state index contributed by atoms with van der Waals surface area (Å²) in [6.07, 6.45) is 6.81. The third-order valence-corrected chi connectivity index (χ3v) is 2.66. The molecule has 4 heteroatoms. The van der Waals surface area contributed by atoms with Crippen LogP contribution in [0.1, 0.15) is 58.3 Å². The Morgan fingerprint density at radius 1 is 1.12 bits per heavy atom. The van der Waals surface area contributed by atoms with Crippen LogP contribution in [-0.4, -0.2) is 12.6 Å². The van der Waals surface area contributed by atoms with E-state index in [9.17, 15) is 14.3 Å². The average Bonchev–Trinajstić information content (AvgIpc) is 2.21.